The topological polar surface area (TPSA) is 49.9 Å². The van der Waals surface area contributed by atoms with E-state index < -0.39 is 17.6 Å². The first-order valence-electron chi connectivity index (χ1n) is 11.3. The van der Waals surface area contributed by atoms with Crippen molar-refractivity contribution in [1.29, 1.82) is 0 Å². The Morgan fingerprint density at radius 2 is 1.53 bits per heavy atom. The van der Waals surface area contributed by atoms with E-state index >= 15 is 0 Å². The van der Waals surface area contributed by atoms with Gasteiger partial charge in [-0.05, 0) is 56.2 Å². The Hall–Kier alpha value is -3.93. The Labute approximate surface area is 199 Å². The Morgan fingerprint density at radius 1 is 0.882 bits per heavy atom. The van der Waals surface area contributed by atoms with E-state index in [4.69, 9.17) is 4.74 Å². The van der Waals surface area contributed by atoms with Gasteiger partial charge in [-0.25, -0.2) is 9.29 Å². The average molecular weight is 459 g/mol. The fourth-order valence-corrected chi connectivity index (χ4v) is 4.05. The van der Waals surface area contributed by atoms with E-state index in [0.717, 1.165) is 10.5 Å². The van der Waals surface area contributed by atoms with Crippen molar-refractivity contribution in [2.45, 2.75) is 33.4 Å². The van der Waals surface area contributed by atoms with Crippen LogP contribution in [0.25, 0.3) is 5.57 Å². The van der Waals surface area contributed by atoms with Gasteiger partial charge >= 0.3 is 0 Å². The molecule has 0 saturated carbocycles. The third-order valence-corrected chi connectivity index (χ3v) is 5.58. The van der Waals surface area contributed by atoms with Crippen LogP contribution >= 0.6 is 0 Å². The van der Waals surface area contributed by atoms with Gasteiger partial charge in [0, 0.05) is 13.1 Å². The summed E-state index contributed by atoms with van der Waals surface area (Å²) in [6.45, 7) is 6.73. The molecule has 4 rings (SSSR count). The second-order valence-electron chi connectivity index (χ2n) is 8.31. The summed E-state index contributed by atoms with van der Waals surface area (Å²) in [5.74, 6) is -1.05. The van der Waals surface area contributed by atoms with Gasteiger partial charge in [-0.1, -0.05) is 54.6 Å². The maximum atomic E-state index is 14.7. The van der Waals surface area contributed by atoms with Crippen molar-refractivity contribution >= 4 is 23.1 Å². The molecular formula is C28H27FN2O3. The predicted octanol–water partition coefficient (Wildman–Crippen LogP) is 5.42. The number of likely N-dealkylation sites (N-methyl/N-ethyl adjacent to an activating group) is 1. The van der Waals surface area contributed by atoms with E-state index in [9.17, 15) is 14.0 Å². The number of carbonyl (C=O) groups excluding carboxylic acids is 2. The standard InChI is InChI=1S/C28H27FN2O3/c1-4-30(18-20-10-6-5-7-11-20)26-25(21-14-16-22(17-15-21)34-19(2)3)27(32)31(28(26)33)24-13-9-8-12-23(24)29/h5-17,19H,4,18H2,1-3H3. The third-order valence-electron chi connectivity index (χ3n) is 5.58. The Morgan fingerprint density at radius 3 is 2.15 bits per heavy atom. The Balaban J connectivity index is 1.81. The highest BCUT2D eigenvalue weighted by atomic mass is 19.1. The second kappa shape index (κ2) is 9.91. The van der Waals surface area contributed by atoms with E-state index in [1.165, 1.54) is 18.2 Å². The summed E-state index contributed by atoms with van der Waals surface area (Å²) in [7, 11) is 0. The largest absolute Gasteiger partial charge is 0.491 e. The van der Waals surface area contributed by atoms with E-state index in [1.54, 1.807) is 30.3 Å². The normalized spacial score (nSPS) is 13.7. The monoisotopic (exact) mass is 458 g/mol. The number of hydrogen-bond donors (Lipinski definition) is 0. The van der Waals surface area contributed by atoms with Gasteiger partial charge in [0.2, 0.25) is 0 Å². The summed E-state index contributed by atoms with van der Waals surface area (Å²) >= 11 is 0. The zero-order chi connectivity index (χ0) is 24.2. The maximum absolute atomic E-state index is 14.7. The number of amides is 2. The molecule has 1 heterocycles. The zero-order valence-corrected chi connectivity index (χ0v) is 19.5. The number of benzene rings is 3. The highest BCUT2D eigenvalue weighted by Crippen LogP contribution is 2.36. The van der Waals surface area contributed by atoms with Crippen molar-refractivity contribution in [3.05, 3.63) is 102 Å². The number of rotatable bonds is 8. The van der Waals surface area contributed by atoms with Crippen LogP contribution in [0.4, 0.5) is 10.1 Å². The highest BCUT2D eigenvalue weighted by molar-refractivity contribution is 6.45. The molecule has 1 aliphatic heterocycles. The van der Waals surface area contributed by atoms with Gasteiger partial charge < -0.3 is 9.64 Å². The van der Waals surface area contributed by atoms with E-state index in [1.807, 2.05) is 56.0 Å². The zero-order valence-electron chi connectivity index (χ0n) is 19.5. The molecule has 174 valence electrons. The van der Waals surface area contributed by atoms with Gasteiger partial charge in [-0.3, -0.25) is 9.59 Å². The molecule has 0 spiro atoms. The van der Waals surface area contributed by atoms with Crippen molar-refractivity contribution in [2.75, 3.05) is 11.4 Å². The van der Waals surface area contributed by atoms with Gasteiger partial charge in [0.1, 0.15) is 17.3 Å². The van der Waals surface area contributed by atoms with Crippen LogP contribution in [0.2, 0.25) is 0 Å². The SMILES string of the molecule is CCN(Cc1ccccc1)C1=C(c2ccc(OC(C)C)cc2)C(=O)N(c2ccccc2F)C1=O. The highest BCUT2D eigenvalue weighted by Gasteiger charge is 2.43. The molecule has 0 fully saturated rings. The number of hydrogen-bond acceptors (Lipinski definition) is 4. The van der Waals surface area contributed by atoms with Crippen molar-refractivity contribution < 1.29 is 18.7 Å². The lowest BCUT2D eigenvalue weighted by molar-refractivity contribution is -0.120. The first kappa shape index (κ1) is 23.2. The van der Waals surface area contributed by atoms with Crippen LogP contribution in [0.1, 0.15) is 31.9 Å². The summed E-state index contributed by atoms with van der Waals surface area (Å²) in [4.78, 5) is 30.1. The molecule has 0 bridgehead atoms. The molecule has 6 heteroatoms. The molecular weight excluding hydrogens is 431 g/mol. The van der Waals surface area contributed by atoms with Crippen LogP contribution in [0, 0.1) is 5.82 Å². The first-order chi connectivity index (χ1) is 16.4. The van der Waals surface area contributed by atoms with Crippen LogP contribution < -0.4 is 9.64 Å². The first-order valence-corrected chi connectivity index (χ1v) is 11.3. The van der Waals surface area contributed by atoms with Crippen LogP contribution in [0.15, 0.2) is 84.6 Å². The number of imide groups is 1. The van der Waals surface area contributed by atoms with Gasteiger partial charge in [-0.15, -0.1) is 0 Å². The Kier molecular flexibility index (Phi) is 6.77. The van der Waals surface area contributed by atoms with Gasteiger partial charge in [-0.2, -0.15) is 0 Å². The minimum absolute atomic E-state index is 0.00770. The summed E-state index contributed by atoms with van der Waals surface area (Å²) in [5, 5.41) is 0. The predicted molar refractivity (Wildman–Crippen MR) is 131 cm³/mol. The van der Waals surface area contributed by atoms with Crippen molar-refractivity contribution in [2.24, 2.45) is 0 Å². The fraction of sp³-hybridized carbons (Fsp3) is 0.214. The molecule has 1 aliphatic rings. The molecule has 0 saturated heterocycles. The quantitative estimate of drug-likeness (QED) is 0.423. The summed E-state index contributed by atoms with van der Waals surface area (Å²) in [6.07, 6.45) is 0.00770. The van der Waals surface area contributed by atoms with Gasteiger partial charge in [0.25, 0.3) is 11.8 Å². The van der Waals surface area contributed by atoms with Gasteiger partial charge in [0.15, 0.2) is 0 Å². The molecule has 0 atom stereocenters. The molecule has 0 N–H and O–H groups in total. The summed E-state index contributed by atoms with van der Waals surface area (Å²) in [5.41, 5.74) is 2.04. The Bertz CT molecular complexity index is 1220. The lowest BCUT2D eigenvalue weighted by Gasteiger charge is -2.25. The molecule has 2 amide bonds. The van der Waals surface area contributed by atoms with Crippen molar-refractivity contribution in [3.8, 4) is 5.75 Å². The number of anilines is 1. The summed E-state index contributed by atoms with van der Waals surface area (Å²) < 4.78 is 20.4. The summed E-state index contributed by atoms with van der Waals surface area (Å²) in [6, 6.07) is 22.6. The minimum atomic E-state index is -0.628. The third kappa shape index (κ3) is 4.57. The van der Waals surface area contributed by atoms with Crippen molar-refractivity contribution in [3.63, 3.8) is 0 Å². The number of ether oxygens (including phenoxy) is 1. The van der Waals surface area contributed by atoms with Crippen LogP contribution in [-0.4, -0.2) is 29.4 Å². The molecule has 3 aromatic carbocycles. The number of carbonyl (C=O) groups is 2. The van der Waals surface area contributed by atoms with E-state index in [-0.39, 0.29) is 23.1 Å². The molecule has 34 heavy (non-hydrogen) atoms. The number of para-hydroxylation sites is 1. The average Bonchev–Trinajstić information content (AvgIpc) is 3.08. The maximum Gasteiger partial charge on any atom is 0.282 e. The lowest BCUT2D eigenvalue weighted by atomic mass is 10.0. The smallest absolute Gasteiger partial charge is 0.282 e. The van der Waals surface area contributed by atoms with Crippen molar-refractivity contribution in [1.82, 2.24) is 4.90 Å². The molecule has 0 unspecified atom stereocenters. The molecule has 5 nitrogen and oxygen atoms in total. The molecule has 3 aromatic rings. The molecule has 0 radical (unpaired) electrons. The van der Waals surface area contributed by atoms with Crippen LogP contribution in [0.5, 0.6) is 5.75 Å². The lowest BCUT2D eigenvalue weighted by Crippen LogP contribution is -2.35. The number of nitrogens with zero attached hydrogens (tertiary/aromatic N) is 2. The van der Waals surface area contributed by atoms with E-state index in [2.05, 4.69) is 0 Å². The van der Waals surface area contributed by atoms with Crippen LogP contribution in [0.3, 0.4) is 0 Å². The molecule has 0 aliphatic carbocycles. The molecule has 0 aromatic heterocycles. The van der Waals surface area contributed by atoms with E-state index in [0.29, 0.717) is 24.4 Å². The second-order valence-corrected chi connectivity index (χ2v) is 8.31. The van der Waals surface area contributed by atoms with Crippen LogP contribution in [-0.2, 0) is 16.1 Å². The van der Waals surface area contributed by atoms with Gasteiger partial charge in [0.05, 0.1) is 17.4 Å². The minimum Gasteiger partial charge on any atom is -0.491 e. The fourth-order valence-electron chi connectivity index (χ4n) is 4.05. The number of halogens is 1.